The number of nitrogens with one attached hydrogen (secondary N) is 2. The third kappa shape index (κ3) is 8.23. The predicted molar refractivity (Wildman–Crippen MR) is 136 cm³/mol. The minimum absolute atomic E-state index is 0.163. The number of ether oxygens (including phenoxy) is 1. The van der Waals surface area contributed by atoms with E-state index >= 15 is 0 Å². The molecule has 0 spiro atoms. The highest BCUT2D eigenvalue weighted by Gasteiger charge is 2.48. The normalized spacial score (nSPS) is 18.9. The van der Waals surface area contributed by atoms with Crippen LogP contribution in [0.5, 0.6) is 0 Å². The third-order valence-electron chi connectivity index (χ3n) is 6.18. The Balaban J connectivity index is 2.41. The maximum Gasteiger partial charge on any atom is 0.408 e. The molecule has 0 radical (unpaired) electrons. The van der Waals surface area contributed by atoms with Crippen LogP contribution in [0.2, 0.25) is 0 Å². The van der Waals surface area contributed by atoms with Gasteiger partial charge in [0, 0.05) is 12.6 Å². The van der Waals surface area contributed by atoms with Crippen LogP contribution in [-0.2, 0) is 14.3 Å². The van der Waals surface area contributed by atoms with Gasteiger partial charge in [-0.1, -0.05) is 50.5 Å². The van der Waals surface area contributed by atoms with Gasteiger partial charge in [-0.2, -0.15) is 0 Å². The molecule has 1 fully saturated rings. The molecule has 4 unspecified atom stereocenters. The number of amides is 3. The van der Waals surface area contributed by atoms with Crippen LogP contribution in [0.25, 0.3) is 0 Å². The molecule has 2 rings (SSSR count). The van der Waals surface area contributed by atoms with Crippen molar-refractivity contribution < 1.29 is 24.2 Å². The van der Waals surface area contributed by atoms with Crippen LogP contribution < -0.4 is 10.6 Å². The molecule has 1 aliphatic carbocycles. The largest absolute Gasteiger partial charge is 0.444 e. The number of hydrogen-bond donors (Lipinski definition) is 3. The summed E-state index contributed by atoms with van der Waals surface area (Å²) in [5, 5.41) is 15.5. The second-order valence-corrected chi connectivity index (χ2v) is 10.7. The summed E-state index contributed by atoms with van der Waals surface area (Å²) in [4.78, 5) is 41.3. The van der Waals surface area contributed by atoms with Gasteiger partial charge in [-0.05, 0) is 64.5 Å². The number of aliphatic hydroxyl groups excluding tert-OH is 1. The fourth-order valence-electron chi connectivity index (χ4n) is 4.22. The molecule has 35 heavy (non-hydrogen) atoms. The van der Waals surface area contributed by atoms with Gasteiger partial charge in [0.1, 0.15) is 17.7 Å². The van der Waals surface area contributed by atoms with E-state index in [-0.39, 0.29) is 17.9 Å². The summed E-state index contributed by atoms with van der Waals surface area (Å²) in [6.45, 7) is 13.1. The number of carbonyl (C=O) groups excluding carboxylic acids is 3. The molecule has 0 bridgehead atoms. The highest BCUT2D eigenvalue weighted by atomic mass is 16.6. The van der Waals surface area contributed by atoms with Gasteiger partial charge >= 0.3 is 6.09 Å². The number of aryl methyl sites for hydroxylation is 2. The summed E-state index contributed by atoms with van der Waals surface area (Å²) in [6.07, 6.45) is 2.86. The van der Waals surface area contributed by atoms with Gasteiger partial charge in [0.05, 0.1) is 6.61 Å². The van der Waals surface area contributed by atoms with Crippen LogP contribution in [0.3, 0.4) is 0 Å². The summed E-state index contributed by atoms with van der Waals surface area (Å²) in [7, 11) is 0. The van der Waals surface area contributed by atoms with E-state index in [4.69, 9.17) is 4.74 Å². The van der Waals surface area contributed by atoms with Crippen molar-refractivity contribution in [3.63, 3.8) is 0 Å². The zero-order valence-corrected chi connectivity index (χ0v) is 22.3. The molecule has 3 N–H and O–H groups in total. The zero-order chi connectivity index (χ0) is 26.3. The lowest BCUT2D eigenvalue weighted by Gasteiger charge is -2.35. The lowest BCUT2D eigenvalue weighted by Crippen LogP contribution is -2.55. The van der Waals surface area contributed by atoms with E-state index in [0.717, 1.165) is 42.4 Å². The van der Waals surface area contributed by atoms with Crippen molar-refractivity contribution >= 4 is 17.9 Å². The highest BCUT2D eigenvalue weighted by Crippen LogP contribution is 2.41. The topological polar surface area (TPSA) is 108 Å². The van der Waals surface area contributed by atoms with Crippen molar-refractivity contribution in [2.75, 3.05) is 13.2 Å². The fourth-order valence-corrected chi connectivity index (χ4v) is 4.22. The molecule has 196 valence electrons. The van der Waals surface area contributed by atoms with Crippen molar-refractivity contribution in [2.24, 2.45) is 5.92 Å². The van der Waals surface area contributed by atoms with Crippen LogP contribution in [0, 0.1) is 19.8 Å². The quantitative estimate of drug-likeness (QED) is 0.410. The lowest BCUT2D eigenvalue weighted by molar-refractivity contribution is -0.144. The highest BCUT2D eigenvalue weighted by molar-refractivity contribution is 5.93. The number of benzene rings is 1. The Kier molecular flexibility index (Phi) is 10.1. The number of unbranched alkanes of at least 4 members (excludes halogenated alkanes) is 2. The summed E-state index contributed by atoms with van der Waals surface area (Å²) >= 11 is 0. The van der Waals surface area contributed by atoms with Gasteiger partial charge in [-0.25, -0.2) is 4.79 Å². The van der Waals surface area contributed by atoms with E-state index in [1.165, 1.54) is 0 Å². The summed E-state index contributed by atoms with van der Waals surface area (Å²) in [5.74, 6) is -0.545. The SMILES string of the molecule is CCCCCNC(=O)C(c1ccc(C)cc1C)N(C(=O)C(CO)NC(=O)OC(C)(C)C)C1CC1C. The fraction of sp³-hybridized carbons (Fsp3) is 0.667. The maximum atomic E-state index is 13.8. The second-order valence-electron chi connectivity index (χ2n) is 10.7. The minimum atomic E-state index is -1.22. The summed E-state index contributed by atoms with van der Waals surface area (Å²) < 4.78 is 5.29. The van der Waals surface area contributed by atoms with Crippen LogP contribution in [0.1, 0.15) is 83.0 Å². The predicted octanol–water partition coefficient (Wildman–Crippen LogP) is 3.77. The van der Waals surface area contributed by atoms with E-state index in [0.29, 0.717) is 6.54 Å². The van der Waals surface area contributed by atoms with Gasteiger partial charge < -0.3 is 25.4 Å². The van der Waals surface area contributed by atoms with Gasteiger partial charge in [-0.15, -0.1) is 0 Å². The minimum Gasteiger partial charge on any atom is -0.444 e. The Morgan fingerprint density at radius 3 is 2.37 bits per heavy atom. The summed E-state index contributed by atoms with van der Waals surface area (Å²) in [6, 6.07) is 3.57. The number of nitrogens with zero attached hydrogens (tertiary/aromatic N) is 1. The molecule has 1 aliphatic rings. The van der Waals surface area contributed by atoms with Crippen LogP contribution >= 0.6 is 0 Å². The van der Waals surface area contributed by atoms with Gasteiger partial charge in [-0.3, -0.25) is 9.59 Å². The third-order valence-corrected chi connectivity index (χ3v) is 6.18. The van der Waals surface area contributed by atoms with Crippen molar-refractivity contribution in [3.05, 3.63) is 34.9 Å². The number of rotatable bonds is 11. The van der Waals surface area contributed by atoms with Gasteiger partial charge in [0.15, 0.2) is 0 Å². The Morgan fingerprint density at radius 2 is 1.86 bits per heavy atom. The first-order valence-electron chi connectivity index (χ1n) is 12.7. The lowest BCUT2D eigenvalue weighted by atomic mass is 9.96. The van der Waals surface area contributed by atoms with Crippen LogP contribution in [0.4, 0.5) is 4.79 Å². The molecule has 8 nitrogen and oxygen atoms in total. The molecular formula is C27H43N3O5. The number of carbonyl (C=O) groups is 3. The average molecular weight is 490 g/mol. The van der Waals surface area contributed by atoms with Crippen molar-refractivity contribution in [1.29, 1.82) is 0 Å². The molecule has 1 aromatic carbocycles. The summed E-state index contributed by atoms with van der Waals surface area (Å²) in [5.41, 5.74) is 1.96. The van der Waals surface area contributed by atoms with E-state index in [2.05, 4.69) is 17.6 Å². The molecule has 8 heteroatoms. The Bertz CT molecular complexity index is 895. The maximum absolute atomic E-state index is 13.8. The van der Waals surface area contributed by atoms with E-state index in [9.17, 15) is 19.5 Å². The molecule has 0 aromatic heterocycles. The molecule has 1 saturated carbocycles. The molecule has 0 heterocycles. The standard InChI is InChI=1S/C27H43N3O5/c1-8-9-10-13-28-24(32)23(20-12-11-17(2)14-18(20)3)30(22-15-19(22)4)25(33)21(16-31)29-26(34)35-27(5,6)7/h11-12,14,19,21-23,31H,8-10,13,15-16H2,1-7H3,(H,28,32)(H,29,34). The first-order chi connectivity index (χ1) is 16.4. The van der Waals surface area contributed by atoms with Crippen molar-refractivity contribution in [1.82, 2.24) is 15.5 Å². The van der Waals surface area contributed by atoms with Crippen molar-refractivity contribution in [2.45, 2.75) is 97.9 Å². The smallest absolute Gasteiger partial charge is 0.408 e. The van der Waals surface area contributed by atoms with Gasteiger partial charge in [0.2, 0.25) is 11.8 Å². The Hall–Kier alpha value is -2.61. The van der Waals surface area contributed by atoms with Crippen LogP contribution in [-0.4, -0.2) is 58.8 Å². The molecular weight excluding hydrogens is 446 g/mol. The number of aliphatic hydroxyl groups is 1. The molecule has 0 aliphatic heterocycles. The first-order valence-corrected chi connectivity index (χ1v) is 12.7. The monoisotopic (exact) mass is 489 g/mol. The van der Waals surface area contributed by atoms with E-state index in [1.807, 2.05) is 39.0 Å². The molecule has 1 aromatic rings. The average Bonchev–Trinajstić information content (AvgIpc) is 3.47. The first kappa shape index (κ1) is 28.6. The van der Waals surface area contributed by atoms with Gasteiger partial charge in [0.25, 0.3) is 0 Å². The van der Waals surface area contributed by atoms with E-state index in [1.54, 1.807) is 25.7 Å². The van der Waals surface area contributed by atoms with Crippen molar-refractivity contribution in [3.8, 4) is 0 Å². The Labute approximate surface area is 209 Å². The second kappa shape index (κ2) is 12.4. The number of alkyl carbamates (subject to hydrolysis) is 1. The molecule has 0 saturated heterocycles. The van der Waals surface area contributed by atoms with Crippen LogP contribution in [0.15, 0.2) is 18.2 Å². The molecule has 3 amide bonds. The van der Waals surface area contributed by atoms with E-state index < -0.39 is 36.3 Å². The number of hydrogen-bond acceptors (Lipinski definition) is 5. The molecule has 4 atom stereocenters. The Morgan fingerprint density at radius 1 is 1.20 bits per heavy atom. The zero-order valence-electron chi connectivity index (χ0n) is 22.3.